The lowest BCUT2D eigenvalue weighted by Gasteiger charge is -2.38. The van der Waals surface area contributed by atoms with Crippen molar-refractivity contribution in [3.8, 4) is 5.75 Å². The molecule has 1 fully saturated rings. The Bertz CT molecular complexity index is 722. The summed E-state index contributed by atoms with van der Waals surface area (Å²) in [5, 5.41) is 10.9. The molecule has 0 saturated carbocycles. The van der Waals surface area contributed by atoms with Gasteiger partial charge < -0.3 is 14.6 Å². The quantitative estimate of drug-likeness (QED) is 0.761. The Morgan fingerprint density at radius 2 is 1.74 bits per heavy atom. The number of carbonyl (C=O) groups is 1. The fourth-order valence-electron chi connectivity index (χ4n) is 3.42. The zero-order valence-electron chi connectivity index (χ0n) is 15.8. The van der Waals surface area contributed by atoms with Crippen LogP contribution < -0.4 is 4.74 Å². The summed E-state index contributed by atoms with van der Waals surface area (Å²) in [6, 6.07) is 17.5. The number of nitrogens with zero attached hydrogens (tertiary/aromatic N) is 1. The average molecular weight is 369 g/mol. The molecular weight excluding hydrogens is 342 g/mol. The molecule has 1 N–H and O–H groups in total. The molecular formula is C22H27NO4. The number of hydrogen-bond acceptors (Lipinski definition) is 5. The highest BCUT2D eigenvalue weighted by molar-refractivity contribution is 5.72. The predicted octanol–water partition coefficient (Wildman–Crippen LogP) is 2.76. The minimum atomic E-state index is -0.714. The standard InChI is InChI=1S/C22H27NO4/c1-26-21(24)17-18-7-9-20(10-8-18)27-16-15-23-13-11-22(25,12-14-23)19-5-3-2-4-6-19/h2-10,25H,11-17H2,1H3. The molecule has 2 aromatic carbocycles. The molecule has 0 spiro atoms. The van der Waals surface area contributed by atoms with Gasteiger partial charge in [0.05, 0.1) is 19.1 Å². The number of esters is 1. The summed E-state index contributed by atoms with van der Waals surface area (Å²) in [5.41, 5.74) is 1.20. The van der Waals surface area contributed by atoms with E-state index >= 15 is 0 Å². The number of piperidine rings is 1. The van der Waals surface area contributed by atoms with Crippen molar-refractivity contribution in [1.29, 1.82) is 0 Å². The molecule has 27 heavy (non-hydrogen) atoms. The highest BCUT2D eigenvalue weighted by atomic mass is 16.5. The number of ether oxygens (including phenoxy) is 2. The number of rotatable bonds is 7. The molecule has 0 amide bonds. The second kappa shape index (κ2) is 9.02. The van der Waals surface area contributed by atoms with Gasteiger partial charge in [0.2, 0.25) is 0 Å². The van der Waals surface area contributed by atoms with Gasteiger partial charge in [-0.25, -0.2) is 0 Å². The molecule has 1 heterocycles. The Labute approximate surface area is 160 Å². The molecule has 0 aromatic heterocycles. The first-order valence-corrected chi connectivity index (χ1v) is 9.38. The van der Waals surface area contributed by atoms with Crippen molar-refractivity contribution < 1.29 is 19.4 Å². The van der Waals surface area contributed by atoms with E-state index in [2.05, 4.69) is 9.64 Å². The van der Waals surface area contributed by atoms with Crippen LogP contribution in [0.3, 0.4) is 0 Å². The van der Waals surface area contributed by atoms with Gasteiger partial charge in [-0.3, -0.25) is 9.69 Å². The molecule has 0 aliphatic carbocycles. The lowest BCUT2D eigenvalue weighted by atomic mass is 9.84. The second-order valence-electron chi connectivity index (χ2n) is 6.98. The minimum absolute atomic E-state index is 0.246. The number of methoxy groups -OCH3 is 1. The first-order valence-electron chi connectivity index (χ1n) is 9.38. The Hall–Kier alpha value is -2.37. The van der Waals surface area contributed by atoms with Gasteiger partial charge in [0.25, 0.3) is 0 Å². The van der Waals surface area contributed by atoms with Gasteiger partial charge in [-0.05, 0) is 36.1 Å². The van der Waals surface area contributed by atoms with E-state index in [0.717, 1.165) is 49.4 Å². The predicted molar refractivity (Wildman–Crippen MR) is 104 cm³/mol. The lowest BCUT2D eigenvalue weighted by Crippen LogP contribution is -2.43. The van der Waals surface area contributed by atoms with Crippen molar-refractivity contribution >= 4 is 5.97 Å². The smallest absolute Gasteiger partial charge is 0.309 e. The maximum atomic E-state index is 11.3. The fourth-order valence-corrected chi connectivity index (χ4v) is 3.42. The maximum absolute atomic E-state index is 11.3. The van der Waals surface area contributed by atoms with E-state index in [4.69, 9.17) is 4.74 Å². The van der Waals surface area contributed by atoms with Crippen LogP contribution in [0.5, 0.6) is 5.75 Å². The van der Waals surface area contributed by atoms with E-state index < -0.39 is 5.60 Å². The number of aliphatic hydroxyl groups is 1. The molecule has 2 aromatic rings. The number of benzene rings is 2. The first-order chi connectivity index (χ1) is 13.1. The molecule has 1 aliphatic rings. The van der Waals surface area contributed by atoms with Crippen LogP contribution in [0.25, 0.3) is 0 Å². The second-order valence-corrected chi connectivity index (χ2v) is 6.98. The zero-order valence-corrected chi connectivity index (χ0v) is 15.8. The number of hydrogen-bond donors (Lipinski definition) is 1. The number of likely N-dealkylation sites (tertiary alicyclic amines) is 1. The molecule has 1 aliphatic heterocycles. The van der Waals surface area contributed by atoms with E-state index in [-0.39, 0.29) is 12.4 Å². The van der Waals surface area contributed by atoms with Crippen LogP contribution in [0.1, 0.15) is 24.0 Å². The number of carbonyl (C=O) groups excluding carboxylic acids is 1. The summed E-state index contributed by atoms with van der Waals surface area (Å²) in [7, 11) is 1.39. The van der Waals surface area contributed by atoms with Gasteiger partial charge in [0.15, 0.2) is 0 Å². The summed E-state index contributed by atoms with van der Waals surface area (Å²) in [5.74, 6) is 0.547. The minimum Gasteiger partial charge on any atom is -0.492 e. The van der Waals surface area contributed by atoms with Gasteiger partial charge in [-0.15, -0.1) is 0 Å². The third-order valence-corrected chi connectivity index (χ3v) is 5.17. The molecule has 0 bridgehead atoms. The van der Waals surface area contributed by atoms with E-state index in [1.807, 2.05) is 54.6 Å². The molecule has 0 unspecified atom stereocenters. The van der Waals surface area contributed by atoms with Crippen molar-refractivity contribution in [3.05, 3.63) is 65.7 Å². The van der Waals surface area contributed by atoms with Gasteiger partial charge in [-0.1, -0.05) is 42.5 Å². The van der Waals surface area contributed by atoms with Crippen molar-refractivity contribution in [2.45, 2.75) is 24.9 Å². The Morgan fingerprint density at radius 3 is 2.37 bits per heavy atom. The molecule has 144 valence electrons. The average Bonchev–Trinajstić information content (AvgIpc) is 2.71. The van der Waals surface area contributed by atoms with Crippen LogP contribution in [0.4, 0.5) is 0 Å². The highest BCUT2D eigenvalue weighted by Gasteiger charge is 2.33. The van der Waals surface area contributed by atoms with Crippen LogP contribution in [0, 0.1) is 0 Å². The molecule has 3 rings (SSSR count). The Morgan fingerprint density at radius 1 is 1.07 bits per heavy atom. The summed E-state index contributed by atoms with van der Waals surface area (Å²) in [6.45, 7) is 3.13. The van der Waals surface area contributed by atoms with Crippen molar-refractivity contribution in [1.82, 2.24) is 4.90 Å². The van der Waals surface area contributed by atoms with E-state index in [1.54, 1.807) is 0 Å². The lowest BCUT2D eigenvalue weighted by molar-refractivity contribution is -0.139. The van der Waals surface area contributed by atoms with Crippen molar-refractivity contribution in [2.24, 2.45) is 0 Å². The van der Waals surface area contributed by atoms with Gasteiger partial charge in [-0.2, -0.15) is 0 Å². The zero-order chi connectivity index (χ0) is 19.1. The van der Waals surface area contributed by atoms with Crippen LogP contribution >= 0.6 is 0 Å². The van der Waals surface area contributed by atoms with Crippen molar-refractivity contribution in [2.75, 3.05) is 33.4 Å². The van der Waals surface area contributed by atoms with E-state index in [0.29, 0.717) is 6.61 Å². The maximum Gasteiger partial charge on any atom is 0.309 e. The summed E-state index contributed by atoms with van der Waals surface area (Å²) >= 11 is 0. The Balaban J connectivity index is 1.41. The SMILES string of the molecule is COC(=O)Cc1ccc(OCCN2CCC(O)(c3ccccc3)CC2)cc1. The van der Waals surface area contributed by atoms with Crippen LogP contribution in [-0.4, -0.2) is 49.3 Å². The largest absolute Gasteiger partial charge is 0.492 e. The monoisotopic (exact) mass is 369 g/mol. The molecule has 1 saturated heterocycles. The normalized spacial score (nSPS) is 16.7. The molecule has 5 nitrogen and oxygen atoms in total. The van der Waals surface area contributed by atoms with E-state index in [1.165, 1.54) is 7.11 Å². The molecule has 5 heteroatoms. The fraction of sp³-hybridized carbons (Fsp3) is 0.409. The van der Waals surface area contributed by atoms with Gasteiger partial charge in [0, 0.05) is 19.6 Å². The summed E-state index contributed by atoms with van der Waals surface area (Å²) in [6.07, 6.45) is 1.74. The third kappa shape index (κ3) is 5.31. The van der Waals surface area contributed by atoms with Crippen molar-refractivity contribution in [3.63, 3.8) is 0 Å². The van der Waals surface area contributed by atoms with Crippen LogP contribution in [-0.2, 0) is 21.6 Å². The third-order valence-electron chi connectivity index (χ3n) is 5.17. The van der Waals surface area contributed by atoms with E-state index in [9.17, 15) is 9.90 Å². The summed E-state index contributed by atoms with van der Waals surface area (Å²) < 4.78 is 10.5. The molecule has 0 radical (unpaired) electrons. The highest BCUT2D eigenvalue weighted by Crippen LogP contribution is 2.32. The van der Waals surface area contributed by atoms with Crippen LogP contribution in [0.15, 0.2) is 54.6 Å². The van der Waals surface area contributed by atoms with Gasteiger partial charge in [0.1, 0.15) is 12.4 Å². The first kappa shape index (κ1) is 19.4. The molecule has 0 atom stereocenters. The van der Waals surface area contributed by atoms with Crippen LogP contribution in [0.2, 0.25) is 0 Å². The summed E-state index contributed by atoms with van der Waals surface area (Å²) in [4.78, 5) is 13.6. The Kier molecular flexibility index (Phi) is 6.48. The van der Waals surface area contributed by atoms with Gasteiger partial charge >= 0.3 is 5.97 Å². The topological polar surface area (TPSA) is 59.0 Å².